The summed E-state index contributed by atoms with van der Waals surface area (Å²) < 4.78 is 5.64. The quantitative estimate of drug-likeness (QED) is 0.746. The van der Waals surface area contributed by atoms with Crippen molar-refractivity contribution in [1.82, 2.24) is 9.97 Å². The minimum absolute atomic E-state index is 0.170. The highest BCUT2D eigenvalue weighted by Gasteiger charge is 2.26. The Morgan fingerprint density at radius 2 is 2.06 bits per heavy atom. The number of rotatable bonds is 1. The van der Waals surface area contributed by atoms with Crippen LogP contribution in [0.4, 0.5) is 5.82 Å². The zero-order valence-electron chi connectivity index (χ0n) is 11.2. The van der Waals surface area contributed by atoms with Crippen molar-refractivity contribution in [2.45, 2.75) is 27.7 Å². The lowest BCUT2D eigenvalue weighted by Gasteiger charge is -2.29. The van der Waals surface area contributed by atoms with Crippen LogP contribution in [-0.4, -0.2) is 36.3 Å². The first-order valence-electron chi connectivity index (χ1n) is 6.11. The SMILES string of the molecule is Cc1cc(N2CCOCC(C)(C)C2)nc(C)n1. The van der Waals surface area contributed by atoms with E-state index in [1.165, 1.54) is 0 Å². The predicted molar refractivity (Wildman–Crippen MR) is 68.3 cm³/mol. The molecule has 0 amide bonds. The molecule has 1 aromatic rings. The Balaban J connectivity index is 2.25. The fourth-order valence-corrected chi connectivity index (χ4v) is 2.22. The highest BCUT2D eigenvalue weighted by atomic mass is 16.5. The topological polar surface area (TPSA) is 38.2 Å². The molecule has 0 atom stereocenters. The molecule has 4 heteroatoms. The maximum Gasteiger partial charge on any atom is 0.132 e. The van der Waals surface area contributed by atoms with Crippen molar-refractivity contribution in [2.75, 3.05) is 31.2 Å². The fraction of sp³-hybridized carbons (Fsp3) is 0.692. The maximum atomic E-state index is 5.64. The molecule has 94 valence electrons. The normalized spacial score (nSPS) is 20.1. The molecule has 1 aromatic heterocycles. The first kappa shape index (κ1) is 12.3. The first-order chi connectivity index (χ1) is 7.96. The molecule has 2 rings (SSSR count). The number of hydrogen-bond acceptors (Lipinski definition) is 4. The summed E-state index contributed by atoms with van der Waals surface area (Å²) in [7, 11) is 0. The molecule has 0 unspecified atom stereocenters. The van der Waals surface area contributed by atoms with E-state index < -0.39 is 0 Å². The number of hydrogen-bond donors (Lipinski definition) is 0. The summed E-state index contributed by atoms with van der Waals surface area (Å²) in [6.45, 7) is 11.9. The van der Waals surface area contributed by atoms with Gasteiger partial charge in [-0.3, -0.25) is 0 Å². The van der Waals surface area contributed by atoms with Gasteiger partial charge in [0.05, 0.1) is 13.2 Å². The van der Waals surface area contributed by atoms with E-state index in [1.54, 1.807) is 0 Å². The molecule has 0 radical (unpaired) electrons. The lowest BCUT2D eigenvalue weighted by molar-refractivity contribution is 0.0893. The molecule has 17 heavy (non-hydrogen) atoms. The summed E-state index contributed by atoms with van der Waals surface area (Å²) in [5.41, 5.74) is 1.19. The Labute approximate surface area is 103 Å². The molecule has 1 fully saturated rings. The van der Waals surface area contributed by atoms with Gasteiger partial charge < -0.3 is 9.64 Å². The van der Waals surface area contributed by atoms with Crippen LogP contribution in [0.15, 0.2) is 6.07 Å². The van der Waals surface area contributed by atoms with Gasteiger partial charge in [0, 0.05) is 30.3 Å². The molecular weight excluding hydrogens is 214 g/mol. The van der Waals surface area contributed by atoms with E-state index in [9.17, 15) is 0 Å². The molecule has 1 aliphatic rings. The second-order valence-corrected chi connectivity index (χ2v) is 5.55. The van der Waals surface area contributed by atoms with E-state index in [2.05, 4.69) is 34.8 Å². The van der Waals surface area contributed by atoms with Crippen molar-refractivity contribution in [3.8, 4) is 0 Å². The van der Waals surface area contributed by atoms with Crippen LogP contribution < -0.4 is 4.90 Å². The molecule has 0 bridgehead atoms. The van der Waals surface area contributed by atoms with Gasteiger partial charge in [-0.05, 0) is 13.8 Å². The Hall–Kier alpha value is -1.16. The van der Waals surface area contributed by atoms with Crippen LogP contribution in [0.25, 0.3) is 0 Å². The molecule has 0 aliphatic carbocycles. The van der Waals surface area contributed by atoms with Gasteiger partial charge in [-0.1, -0.05) is 13.8 Å². The first-order valence-corrected chi connectivity index (χ1v) is 6.11. The van der Waals surface area contributed by atoms with Crippen molar-refractivity contribution in [1.29, 1.82) is 0 Å². The standard InChI is InChI=1S/C13H21N3O/c1-10-7-12(15-11(2)14-10)16-5-6-17-9-13(3,4)8-16/h7H,5-6,8-9H2,1-4H3. The lowest BCUT2D eigenvalue weighted by Crippen LogP contribution is -2.35. The van der Waals surface area contributed by atoms with E-state index in [0.717, 1.165) is 43.6 Å². The molecule has 0 saturated carbocycles. The van der Waals surface area contributed by atoms with Crippen LogP contribution in [0.3, 0.4) is 0 Å². The van der Waals surface area contributed by atoms with Gasteiger partial charge in [0.25, 0.3) is 0 Å². The summed E-state index contributed by atoms with van der Waals surface area (Å²) in [5, 5.41) is 0. The largest absolute Gasteiger partial charge is 0.379 e. The van der Waals surface area contributed by atoms with E-state index >= 15 is 0 Å². The molecular formula is C13H21N3O. The van der Waals surface area contributed by atoms with E-state index in [4.69, 9.17) is 4.74 Å². The van der Waals surface area contributed by atoms with Crippen molar-refractivity contribution >= 4 is 5.82 Å². The second-order valence-electron chi connectivity index (χ2n) is 5.55. The fourth-order valence-electron chi connectivity index (χ4n) is 2.22. The highest BCUT2D eigenvalue weighted by molar-refractivity contribution is 5.40. The third kappa shape index (κ3) is 3.16. The number of anilines is 1. The Kier molecular flexibility index (Phi) is 3.33. The van der Waals surface area contributed by atoms with Gasteiger partial charge in [-0.2, -0.15) is 0 Å². The van der Waals surface area contributed by atoms with Crippen molar-refractivity contribution in [2.24, 2.45) is 5.41 Å². The zero-order chi connectivity index (χ0) is 12.5. The van der Waals surface area contributed by atoms with Gasteiger partial charge in [-0.15, -0.1) is 0 Å². The van der Waals surface area contributed by atoms with Gasteiger partial charge >= 0.3 is 0 Å². The molecule has 0 spiro atoms. The van der Waals surface area contributed by atoms with Crippen molar-refractivity contribution in [3.63, 3.8) is 0 Å². The molecule has 2 heterocycles. The molecule has 0 aromatic carbocycles. The Morgan fingerprint density at radius 1 is 1.29 bits per heavy atom. The van der Waals surface area contributed by atoms with Crippen molar-refractivity contribution in [3.05, 3.63) is 17.6 Å². The molecule has 1 saturated heterocycles. The summed E-state index contributed by atoms with van der Waals surface area (Å²) in [5.74, 6) is 1.86. The maximum absolute atomic E-state index is 5.64. The Bertz CT molecular complexity index is 383. The van der Waals surface area contributed by atoms with Crippen LogP contribution in [-0.2, 0) is 4.74 Å². The number of ether oxygens (including phenoxy) is 1. The Morgan fingerprint density at radius 3 is 2.76 bits per heavy atom. The van der Waals surface area contributed by atoms with Gasteiger partial charge in [0.1, 0.15) is 11.6 Å². The van der Waals surface area contributed by atoms with Gasteiger partial charge in [0.2, 0.25) is 0 Å². The molecule has 0 N–H and O–H groups in total. The molecule has 4 nitrogen and oxygen atoms in total. The van der Waals surface area contributed by atoms with Crippen LogP contribution in [0, 0.1) is 19.3 Å². The van der Waals surface area contributed by atoms with E-state index in [0.29, 0.717) is 0 Å². The summed E-state index contributed by atoms with van der Waals surface area (Å²) in [4.78, 5) is 11.1. The predicted octanol–water partition coefficient (Wildman–Crippen LogP) is 1.96. The van der Waals surface area contributed by atoms with Crippen molar-refractivity contribution < 1.29 is 4.74 Å². The number of nitrogens with zero attached hydrogens (tertiary/aromatic N) is 3. The van der Waals surface area contributed by atoms with E-state index in [-0.39, 0.29) is 5.41 Å². The smallest absolute Gasteiger partial charge is 0.132 e. The summed E-state index contributed by atoms with van der Waals surface area (Å²) in [6.07, 6.45) is 0. The summed E-state index contributed by atoms with van der Waals surface area (Å²) in [6, 6.07) is 2.05. The third-order valence-electron chi connectivity index (χ3n) is 2.89. The highest BCUT2D eigenvalue weighted by Crippen LogP contribution is 2.24. The minimum atomic E-state index is 0.170. The zero-order valence-corrected chi connectivity index (χ0v) is 11.2. The van der Waals surface area contributed by atoms with Gasteiger partial charge in [0.15, 0.2) is 0 Å². The third-order valence-corrected chi connectivity index (χ3v) is 2.89. The number of aromatic nitrogens is 2. The monoisotopic (exact) mass is 235 g/mol. The molecule has 1 aliphatic heterocycles. The average molecular weight is 235 g/mol. The van der Waals surface area contributed by atoms with Crippen LogP contribution >= 0.6 is 0 Å². The van der Waals surface area contributed by atoms with Gasteiger partial charge in [-0.25, -0.2) is 9.97 Å². The van der Waals surface area contributed by atoms with E-state index in [1.807, 2.05) is 13.8 Å². The number of aryl methyl sites for hydroxylation is 2. The average Bonchev–Trinajstić information content (AvgIpc) is 2.37. The minimum Gasteiger partial charge on any atom is -0.379 e. The lowest BCUT2D eigenvalue weighted by atomic mass is 9.94. The van der Waals surface area contributed by atoms with Crippen LogP contribution in [0.2, 0.25) is 0 Å². The summed E-state index contributed by atoms with van der Waals surface area (Å²) >= 11 is 0. The second kappa shape index (κ2) is 4.61. The van der Waals surface area contributed by atoms with Crippen LogP contribution in [0.5, 0.6) is 0 Å². The van der Waals surface area contributed by atoms with Crippen LogP contribution in [0.1, 0.15) is 25.4 Å².